The van der Waals surface area contributed by atoms with E-state index in [-0.39, 0.29) is 0 Å². The van der Waals surface area contributed by atoms with Crippen LogP contribution >= 0.6 is 10.7 Å². The normalized spacial score (nSPS) is 12.1. The van der Waals surface area contributed by atoms with Crippen LogP contribution in [-0.4, -0.2) is 31.8 Å². The van der Waals surface area contributed by atoms with Crippen molar-refractivity contribution in [2.75, 3.05) is 7.11 Å². The predicted octanol–water partition coefficient (Wildman–Crippen LogP) is 1.82. The maximum Gasteiger partial charge on any atom is 0.573 e. The smallest absolute Gasteiger partial charge is 0.476 e. The standard InChI is InChI=1S/C7H4ClF3N2O6S/c1-18-6-4(13(14)15)5(20(8,16)17)3(2-12-6)19-7(9,10)11/h2H,1H3. The first-order chi connectivity index (χ1) is 8.97. The molecule has 0 saturated carbocycles. The van der Waals surface area contributed by atoms with Gasteiger partial charge in [0.25, 0.3) is 14.9 Å². The number of ether oxygens (including phenoxy) is 2. The summed E-state index contributed by atoms with van der Waals surface area (Å²) in [5.74, 6) is -2.26. The van der Waals surface area contributed by atoms with E-state index < -0.39 is 42.5 Å². The second-order valence-electron chi connectivity index (χ2n) is 3.05. The third-order valence-corrected chi connectivity index (χ3v) is 3.13. The lowest BCUT2D eigenvalue weighted by molar-refractivity contribution is -0.389. The topological polar surface area (TPSA) is 109 Å². The van der Waals surface area contributed by atoms with Gasteiger partial charge in [0.15, 0.2) is 5.75 Å². The highest BCUT2D eigenvalue weighted by molar-refractivity contribution is 8.14. The lowest BCUT2D eigenvalue weighted by Gasteiger charge is -2.12. The van der Waals surface area contributed by atoms with E-state index in [9.17, 15) is 31.7 Å². The van der Waals surface area contributed by atoms with Crippen LogP contribution in [0.5, 0.6) is 11.6 Å². The van der Waals surface area contributed by atoms with Crippen LogP contribution in [0.15, 0.2) is 11.1 Å². The summed E-state index contributed by atoms with van der Waals surface area (Å²) in [4.78, 5) is 11.2. The average molecular weight is 337 g/mol. The largest absolute Gasteiger partial charge is 0.573 e. The van der Waals surface area contributed by atoms with Crippen molar-refractivity contribution in [2.24, 2.45) is 0 Å². The fraction of sp³-hybridized carbons (Fsp3) is 0.286. The highest BCUT2D eigenvalue weighted by Gasteiger charge is 2.40. The van der Waals surface area contributed by atoms with Gasteiger partial charge >= 0.3 is 12.0 Å². The molecule has 1 heterocycles. The Kier molecular flexibility index (Phi) is 4.29. The van der Waals surface area contributed by atoms with E-state index in [4.69, 9.17) is 10.7 Å². The van der Waals surface area contributed by atoms with Gasteiger partial charge in [-0.15, -0.1) is 13.2 Å². The Morgan fingerprint density at radius 1 is 1.45 bits per heavy atom. The maximum absolute atomic E-state index is 12.1. The Hall–Kier alpha value is -1.82. The zero-order chi connectivity index (χ0) is 15.7. The second-order valence-corrected chi connectivity index (χ2v) is 5.56. The van der Waals surface area contributed by atoms with Crippen LogP contribution in [0.25, 0.3) is 0 Å². The molecule has 112 valence electrons. The Morgan fingerprint density at radius 2 is 2.00 bits per heavy atom. The number of hydrogen-bond acceptors (Lipinski definition) is 7. The number of nitro groups is 1. The SMILES string of the molecule is COc1ncc(OC(F)(F)F)c(S(=O)(=O)Cl)c1[N+](=O)[O-]. The Bertz CT molecular complexity index is 647. The summed E-state index contributed by atoms with van der Waals surface area (Å²) in [6.45, 7) is 0. The highest BCUT2D eigenvalue weighted by Crippen LogP contribution is 2.41. The van der Waals surface area contributed by atoms with Gasteiger partial charge in [0.05, 0.1) is 18.2 Å². The van der Waals surface area contributed by atoms with Crippen molar-refractivity contribution in [3.63, 3.8) is 0 Å². The third kappa shape index (κ3) is 3.60. The molecule has 0 aliphatic rings. The molecule has 0 radical (unpaired) electrons. The van der Waals surface area contributed by atoms with Crippen LogP contribution in [0.3, 0.4) is 0 Å². The molecule has 0 spiro atoms. The van der Waals surface area contributed by atoms with Crippen molar-refractivity contribution < 1.29 is 36.0 Å². The molecule has 0 aliphatic heterocycles. The molecule has 1 rings (SSSR count). The number of methoxy groups -OCH3 is 1. The molecule has 0 amide bonds. The van der Waals surface area contributed by atoms with Gasteiger partial charge in [-0.05, 0) is 0 Å². The number of rotatable bonds is 4. The molecule has 0 N–H and O–H groups in total. The molecule has 20 heavy (non-hydrogen) atoms. The molecule has 8 nitrogen and oxygen atoms in total. The highest BCUT2D eigenvalue weighted by atomic mass is 35.7. The summed E-state index contributed by atoms with van der Waals surface area (Å²) in [7, 11) is 0.886. The molecule has 0 aliphatic carbocycles. The molecule has 0 aromatic carbocycles. The number of hydrogen-bond donors (Lipinski definition) is 0. The second kappa shape index (κ2) is 5.28. The van der Waals surface area contributed by atoms with Crippen molar-refractivity contribution in [2.45, 2.75) is 11.3 Å². The molecular weight excluding hydrogens is 333 g/mol. The number of halogens is 4. The van der Waals surface area contributed by atoms with Crippen LogP contribution in [0.1, 0.15) is 0 Å². The zero-order valence-electron chi connectivity index (χ0n) is 9.34. The molecule has 0 unspecified atom stereocenters. The lowest BCUT2D eigenvalue weighted by atomic mass is 10.4. The van der Waals surface area contributed by atoms with Gasteiger partial charge in [-0.3, -0.25) is 10.1 Å². The Morgan fingerprint density at radius 3 is 2.35 bits per heavy atom. The molecule has 13 heteroatoms. The lowest BCUT2D eigenvalue weighted by Crippen LogP contribution is -2.19. The van der Waals surface area contributed by atoms with E-state index in [2.05, 4.69) is 14.5 Å². The molecule has 1 aromatic rings. The summed E-state index contributed by atoms with van der Waals surface area (Å²) < 4.78 is 66.7. The third-order valence-electron chi connectivity index (χ3n) is 1.79. The van der Waals surface area contributed by atoms with Gasteiger partial charge in [0, 0.05) is 10.7 Å². The van der Waals surface area contributed by atoms with Crippen LogP contribution < -0.4 is 9.47 Å². The average Bonchev–Trinajstić information content (AvgIpc) is 2.24. The van der Waals surface area contributed by atoms with E-state index in [0.717, 1.165) is 7.11 Å². The number of pyridine rings is 1. The predicted molar refractivity (Wildman–Crippen MR) is 57.2 cm³/mol. The molecular formula is C7H4ClF3N2O6S. The summed E-state index contributed by atoms with van der Waals surface area (Å²) in [5.41, 5.74) is -1.36. The number of alkyl halides is 3. The molecule has 0 saturated heterocycles. The molecule has 1 aromatic heterocycles. The van der Waals surface area contributed by atoms with Crippen LogP contribution in [0.2, 0.25) is 0 Å². The van der Waals surface area contributed by atoms with Crippen molar-refractivity contribution >= 4 is 25.4 Å². The first-order valence-corrected chi connectivity index (χ1v) is 6.70. The zero-order valence-corrected chi connectivity index (χ0v) is 10.9. The fourth-order valence-electron chi connectivity index (χ4n) is 1.19. The van der Waals surface area contributed by atoms with Gasteiger partial charge in [-0.2, -0.15) is 0 Å². The van der Waals surface area contributed by atoms with Gasteiger partial charge in [-0.1, -0.05) is 0 Å². The van der Waals surface area contributed by atoms with Crippen LogP contribution in [0.4, 0.5) is 18.9 Å². The number of aromatic nitrogens is 1. The maximum atomic E-state index is 12.1. The monoisotopic (exact) mass is 336 g/mol. The minimum Gasteiger partial charge on any atom is -0.476 e. The Balaban J connectivity index is 3.72. The summed E-state index contributed by atoms with van der Waals surface area (Å²) >= 11 is 0. The minimum absolute atomic E-state index is 0.300. The van der Waals surface area contributed by atoms with E-state index in [1.165, 1.54) is 0 Å². The van der Waals surface area contributed by atoms with Crippen molar-refractivity contribution in [1.29, 1.82) is 0 Å². The van der Waals surface area contributed by atoms with Gasteiger partial charge < -0.3 is 9.47 Å². The van der Waals surface area contributed by atoms with E-state index in [1.807, 2.05) is 0 Å². The quantitative estimate of drug-likeness (QED) is 0.468. The molecule has 0 atom stereocenters. The Labute approximate surface area is 113 Å². The fourth-order valence-corrected chi connectivity index (χ4v) is 2.37. The summed E-state index contributed by atoms with van der Waals surface area (Å²) in [5, 5.41) is 10.8. The minimum atomic E-state index is -5.29. The number of nitrogens with zero attached hydrogens (tertiary/aromatic N) is 2. The van der Waals surface area contributed by atoms with Gasteiger partial charge in [-0.25, -0.2) is 13.4 Å². The summed E-state index contributed by atoms with van der Waals surface area (Å²) in [6.07, 6.45) is -4.99. The summed E-state index contributed by atoms with van der Waals surface area (Å²) in [6, 6.07) is 0. The van der Waals surface area contributed by atoms with E-state index in [1.54, 1.807) is 0 Å². The van der Waals surface area contributed by atoms with E-state index >= 15 is 0 Å². The van der Waals surface area contributed by atoms with Gasteiger partial charge in [0.2, 0.25) is 4.90 Å². The van der Waals surface area contributed by atoms with E-state index in [0.29, 0.717) is 6.20 Å². The molecule has 0 fully saturated rings. The van der Waals surface area contributed by atoms with Gasteiger partial charge in [0.1, 0.15) is 0 Å². The first-order valence-electron chi connectivity index (χ1n) is 4.39. The van der Waals surface area contributed by atoms with Crippen molar-refractivity contribution in [3.05, 3.63) is 16.3 Å². The van der Waals surface area contributed by atoms with Crippen LogP contribution in [-0.2, 0) is 9.05 Å². The van der Waals surface area contributed by atoms with Crippen molar-refractivity contribution in [3.8, 4) is 11.6 Å². The molecule has 0 bridgehead atoms. The first kappa shape index (κ1) is 16.2. The van der Waals surface area contributed by atoms with Crippen LogP contribution in [0, 0.1) is 10.1 Å². The van der Waals surface area contributed by atoms with Crippen molar-refractivity contribution in [1.82, 2.24) is 4.98 Å².